The van der Waals surface area contributed by atoms with Gasteiger partial charge in [0.1, 0.15) is 5.75 Å². The van der Waals surface area contributed by atoms with Gasteiger partial charge in [-0.25, -0.2) is 0 Å². The molecule has 2 heteroatoms. The Kier molecular flexibility index (Phi) is 2.04. The van der Waals surface area contributed by atoms with Crippen molar-refractivity contribution in [1.82, 2.24) is 0 Å². The number of hydrogen-bond acceptors (Lipinski definition) is 2. The molecule has 0 aliphatic heterocycles. The van der Waals surface area contributed by atoms with Gasteiger partial charge < -0.3 is 10.5 Å². The summed E-state index contributed by atoms with van der Waals surface area (Å²) in [5.74, 6) is 0.973. The van der Waals surface area contributed by atoms with Crippen LogP contribution in [0.5, 0.6) is 5.75 Å². The van der Waals surface area contributed by atoms with Crippen LogP contribution < -0.4 is 10.5 Å². The number of fused-ring (bicyclic) bond motifs is 1. The average molecular weight is 191 g/mol. The van der Waals surface area contributed by atoms with E-state index in [0.29, 0.717) is 0 Å². The topological polar surface area (TPSA) is 35.2 Å². The lowest BCUT2D eigenvalue weighted by Gasteiger charge is -2.26. The highest BCUT2D eigenvalue weighted by Gasteiger charge is 2.39. The Bertz CT molecular complexity index is 357. The van der Waals surface area contributed by atoms with Crippen molar-refractivity contribution in [3.63, 3.8) is 0 Å². The van der Waals surface area contributed by atoms with E-state index in [9.17, 15) is 0 Å². The molecule has 0 bridgehead atoms. The highest BCUT2D eigenvalue weighted by Crippen LogP contribution is 2.42. The summed E-state index contributed by atoms with van der Waals surface area (Å²) in [5.41, 5.74) is 8.78. The van der Waals surface area contributed by atoms with E-state index in [1.54, 1.807) is 7.11 Å². The van der Waals surface area contributed by atoms with Gasteiger partial charge in [0.15, 0.2) is 0 Å². The van der Waals surface area contributed by atoms with Gasteiger partial charge in [0.05, 0.1) is 7.11 Å². The molecule has 2 N–H and O–H groups in total. The highest BCUT2D eigenvalue weighted by molar-refractivity contribution is 5.50. The first-order chi connectivity index (χ1) is 6.57. The van der Waals surface area contributed by atoms with Crippen LogP contribution in [0.4, 0.5) is 0 Å². The Morgan fingerprint density at radius 1 is 1.43 bits per heavy atom. The van der Waals surface area contributed by atoms with E-state index >= 15 is 0 Å². The first-order valence-electron chi connectivity index (χ1n) is 4.99. The van der Waals surface area contributed by atoms with Gasteiger partial charge in [0.25, 0.3) is 0 Å². The van der Waals surface area contributed by atoms with E-state index in [2.05, 4.69) is 19.9 Å². The van der Waals surface area contributed by atoms with Gasteiger partial charge in [0, 0.05) is 17.0 Å². The maximum absolute atomic E-state index is 6.13. The SMILES string of the molecule is COc1cccc2c1C(C)(C)C(N)C2. The summed E-state index contributed by atoms with van der Waals surface area (Å²) >= 11 is 0. The molecule has 0 spiro atoms. The van der Waals surface area contributed by atoms with Crippen LogP contribution in [0.15, 0.2) is 18.2 Å². The minimum absolute atomic E-state index is 0.0297. The van der Waals surface area contributed by atoms with Crippen LogP contribution in [0, 0.1) is 0 Å². The maximum atomic E-state index is 6.13. The maximum Gasteiger partial charge on any atom is 0.122 e. The van der Waals surface area contributed by atoms with Gasteiger partial charge in [-0.2, -0.15) is 0 Å². The molecule has 2 nitrogen and oxygen atoms in total. The predicted octanol–water partition coefficient (Wildman–Crippen LogP) is 1.86. The van der Waals surface area contributed by atoms with Crippen molar-refractivity contribution in [2.75, 3.05) is 7.11 Å². The molecule has 0 saturated carbocycles. The summed E-state index contributed by atoms with van der Waals surface area (Å²) in [6.07, 6.45) is 0.958. The Morgan fingerprint density at radius 2 is 2.14 bits per heavy atom. The van der Waals surface area contributed by atoms with Crippen molar-refractivity contribution < 1.29 is 4.74 Å². The van der Waals surface area contributed by atoms with Crippen LogP contribution in [0.2, 0.25) is 0 Å². The minimum Gasteiger partial charge on any atom is -0.496 e. The number of ether oxygens (including phenoxy) is 1. The van der Waals surface area contributed by atoms with Gasteiger partial charge in [0.2, 0.25) is 0 Å². The zero-order valence-electron chi connectivity index (χ0n) is 9.00. The number of hydrogen-bond donors (Lipinski definition) is 1. The Morgan fingerprint density at radius 3 is 2.79 bits per heavy atom. The summed E-state index contributed by atoms with van der Waals surface area (Å²) < 4.78 is 5.39. The third-order valence-electron chi connectivity index (χ3n) is 3.34. The zero-order valence-corrected chi connectivity index (χ0v) is 9.00. The van der Waals surface area contributed by atoms with Crippen LogP contribution in [0.1, 0.15) is 25.0 Å². The van der Waals surface area contributed by atoms with Crippen molar-refractivity contribution in [3.05, 3.63) is 29.3 Å². The van der Waals surface area contributed by atoms with Gasteiger partial charge in [-0.3, -0.25) is 0 Å². The second kappa shape index (κ2) is 2.99. The highest BCUT2D eigenvalue weighted by atomic mass is 16.5. The van der Waals surface area contributed by atoms with Gasteiger partial charge in [-0.1, -0.05) is 26.0 Å². The largest absolute Gasteiger partial charge is 0.496 e. The standard InChI is InChI=1S/C12H17NO/c1-12(2)10(13)7-8-5-4-6-9(14-3)11(8)12/h4-6,10H,7,13H2,1-3H3. The van der Waals surface area contributed by atoms with Crippen LogP contribution in [-0.4, -0.2) is 13.2 Å². The summed E-state index contributed by atoms with van der Waals surface area (Å²) in [4.78, 5) is 0. The zero-order chi connectivity index (χ0) is 10.3. The number of rotatable bonds is 1. The molecule has 1 atom stereocenters. The monoisotopic (exact) mass is 191 g/mol. The molecule has 0 heterocycles. The fourth-order valence-corrected chi connectivity index (χ4v) is 2.33. The lowest BCUT2D eigenvalue weighted by molar-refractivity contribution is 0.383. The summed E-state index contributed by atoms with van der Waals surface area (Å²) in [7, 11) is 1.72. The molecule has 76 valence electrons. The molecule has 14 heavy (non-hydrogen) atoms. The fourth-order valence-electron chi connectivity index (χ4n) is 2.33. The summed E-state index contributed by atoms with van der Waals surface area (Å²) in [6, 6.07) is 6.39. The van der Waals surface area contributed by atoms with Gasteiger partial charge >= 0.3 is 0 Å². The lowest BCUT2D eigenvalue weighted by Crippen LogP contribution is -2.37. The minimum atomic E-state index is 0.0297. The third kappa shape index (κ3) is 1.14. The molecular formula is C12H17NO. The number of nitrogens with two attached hydrogens (primary N) is 1. The Hall–Kier alpha value is -1.02. The van der Waals surface area contributed by atoms with E-state index in [4.69, 9.17) is 10.5 Å². The molecular weight excluding hydrogens is 174 g/mol. The van der Waals surface area contributed by atoms with E-state index < -0.39 is 0 Å². The van der Waals surface area contributed by atoms with E-state index in [-0.39, 0.29) is 11.5 Å². The van der Waals surface area contributed by atoms with Crippen molar-refractivity contribution in [2.24, 2.45) is 5.73 Å². The molecule has 0 fully saturated rings. The fraction of sp³-hybridized carbons (Fsp3) is 0.500. The first kappa shape index (κ1) is 9.53. The Labute approximate surface area is 85.1 Å². The molecule has 0 saturated heterocycles. The average Bonchev–Trinajstić information content (AvgIpc) is 2.38. The molecule has 1 aromatic rings. The van der Waals surface area contributed by atoms with Crippen molar-refractivity contribution in [2.45, 2.75) is 31.7 Å². The number of methoxy groups -OCH3 is 1. The Balaban J connectivity index is 2.60. The first-order valence-corrected chi connectivity index (χ1v) is 4.99. The molecule has 2 rings (SSSR count). The third-order valence-corrected chi connectivity index (χ3v) is 3.34. The molecule has 0 amide bonds. The van der Waals surface area contributed by atoms with Gasteiger partial charge in [-0.05, 0) is 18.1 Å². The van der Waals surface area contributed by atoms with Gasteiger partial charge in [-0.15, -0.1) is 0 Å². The lowest BCUT2D eigenvalue weighted by atomic mass is 9.83. The normalized spacial score (nSPS) is 23.3. The van der Waals surface area contributed by atoms with E-state index in [0.717, 1.165) is 12.2 Å². The van der Waals surface area contributed by atoms with Crippen LogP contribution in [0.3, 0.4) is 0 Å². The summed E-state index contributed by atoms with van der Waals surface area (Å²) in [5, 5.41) is 0. The van der Waals surface area contributed by atoms with Crippen molar-refractivity contribution in [3.8, 4) is 5.75 Å². The summed E-state index contributed by atoms with van der Waals surface area (Å²) in [6.45, 7) is 4.37. The van der Waals surface area contributed by atoms with E-state index in [1.165, 1.54) is 11.1 Å². The number of benzene rings is 1. The predicted molar refractivity (Wildman–Crippen MR) is 57.7 cm³/mol. The van der Waals surface area contributed by atoms with Crippen molar-refractivity contribution >= 4 is 0 Å². The molecule has 1 aromatic carbocycles. The smallest absolute Gasteiger partial charge is 0.122 e. The second-order valence-electron chi connectivity index (χ2n) is 4.53. The molecule has 1 aliphatic rings. The molecule has 1 aliphatic carbocycles. The molecule has 1 unspecified atom stereocenters. The molecule has 0 aromatic heterocycles. The van der Waals surface area contributed by atoms with Crippen molar-refractivity contribution in [1.29, 1.82) is 0 Å². The van der Waals surface area contributed by atoms with Crippen LogP contribution in [-0.2, 0) is 11.8 Å². The quantitative estimate of drug-likeness (QED) is 0.735. The van der Waals surface area contributed by atoms with Crippen LogP contribution >= 0.6 is 0 Å². The second-order valence-corrected chi connectivity index (χ2v) is 4.53. The van der Waals surface area contributed by atoms with Crippen LogP contribution in [0.25, 0.3) is 0 Å². The van der Waals surface area contributed by atoms with E-state index in [1.807, 2.05) is 12.1 Å². The molecule has 0 radical (unpaired) electrons.